The minimum atomic E-state index is -1.47. The van der Waals surface area contributed by atoms with E-state index in [1.165, 1.54) is 12.5 Å². The van der Waals surface area contributed by atoms with Crippen LogP contribution in [-0.4, -0.2) is 63.5 Å². The average Bonchev–Trinajstić information content (AvgIpc) is 3.48. The van der Waals surface area contributed by atoms with Crippen LogP contribution in [0.4, 0.5) is 4.79 Å². The summed E-state index contributed by atoms with van der Waals surface area (Å²) in [5.41, 5.74) is 6.57. The molecule has 6 N–H and O–H groups in total. The number of alkyl carbamates (subject to hydrolysis) is 1. The molecule has 13 nitrogen and oxygen atoms in total. The van der Waals surface area contributed by atoms with Gasteiger partial charge in [0, 0.05) is 24.7 Å². The molecule has 3 aromatic rings. The molecule has 0 aliphatic rings. The average molecular weight is 607 g/mol. The van der Waals surface area contributed by atoms with E-state index in [1.807, 2.05) is 12.1 Å². The SMILES string of the molecule is CC(C)(C)OC(=O)[C@H](Cc1ccccc1)NC(=O)[C@@H](CC(N)=O)NC(=O)[C@@H](Cc1cnc[nH]1)NC(=O)OCc1ccccc1. The summed E-state index contributed by atoms with van der Waals surface area (Å²) in [4.78, 5) is 71.2. The van der Waals surface area contributed by atoms with Crippen molar-refractivity contribution in [3.8, 4) is 0 Å². The van der Waals surface area contributed by atoms with Gasteiger partial charge in [-0.3, -0.25) is 14.4 Å². The molecule has 0 saturated heterocycles. The number of primary amides is 1. The largest absolute Gasteiger partial charge is 0.458 e. The highest BCUT2D eigenvalue weighted by Crippen LogP contribution is 2.12. The number of aromatic nitrogens is 2. The standard InChI is InChI=1S/C31H38N6O7/c1-31(2,3)44-29(41)25(14-20-10-6-4-7-11-20)36-28(40)24(16-26(32)38)35-27(39)23(15-22-17-33-19-34-22)37-30(42)43-18-21-12-8-5-9-13-21/h4-13,17,19,23-25H,14-16,18H2,1-3H3,(H2,32,38)(H,33,34)(H,35,39)(H,36,40)(H,37,42)/t23-,24-,25+/m1/s1. The van der Waals surface area contributed by atoms with Crippen LogP contribution in [0.1, 0.15) is 44.0 Å². The molecular weight excluding hydrogens is 568 g/mol. The van der Waals surface area contributed by atoms with E-state index in [9.17, 15) is 24.0 Å². The quantitative estimate of drug-likeness (QED) is 0.171. The summed E-state index contributed by atoms with van der Waals surface area (Å²) < 4.78 is 10.8. The van der Waals surface area contributed by atoms with Gasteiger partial charge in [0.15, 0.2) is 0 Å². The van der Waals surface area contributed by atoms with Gasteiger partial charge in [-0.15, -0.1) is 0 Å². The van der Waals surface area contributed by atoms with Gasteiger partial charge in [-0.05, 0) is 31.9 Å². The van der Waals surface area contributed by atoms with Crippen LogP contribution in [-0.2, 0) is 48.1 Å². The number of amides is 4. The molecule has 0 aliphatic heterocycles. The second-order valence-electron chi connectivity index (χ2n) is 11.1. The fraction of sp³-hybridized carbons (Fsp3) is 0.355. The summed E-state index contributed by atoms with van der Waals surface area (Å²) in [6.45, 7) is 5.05. The molecule has 1 heterocycles. The number of hydrogen-bond acceptors (Lipinski definition) is 8. The normalized spacial score (nSPS) is 13.1. The van der Waals surface area contributed by atoms with Crippen molar-refractivity contribution in [1.82, 2.24) is 25.9 Å². The summed E-state index contributed by atoms with van der Waals surface area (Å²) in [6, 6.07) is 14.1. The third-order valence-corrected chi connectivity index (χ3v) is 6.13. The Kier molecular flexibility index (Phi) is 12.0. The molecule has 3 atom stereocenters. The number of ether oxygens (including phenoxy) is 2. The lowest BCUT2D eigenvalue weighted by Crippen LogP contribution is -2.57. The van der Waals surface area contributed by atoms with Crippen LogP contribution in [0.2, 0.25) is 0 Å². The number of nitrogens with one attached hydrogen (secondary N) is 4. The smallest absolute Gasteiger partial charge is 0.408 e. The molecule has 0 aliphatic carbocycles. The first-order chi connectivity index (χ1) is 20.9. The van der Waals surface area contributed by atoms with Gasteiger partial charge >= 0.3 is 12.1 Å². The minimum absolute atomic E-state index is 0.0360. The number of esters is 1. The van der Waals surface area contributed by atoms with Gasteiger partial charge in [-0.25, -0.2) is 14.6 Å². The summed E-state index contributed by atoms with van der Waals surface area (Å²) in [5, 5.41) is 7.58. The fourth-order valence-corrected chi connectivity index (χ4v) is 4.10. The van der Waals surface area contributed by atoms with E-state index >= 15 is 0 Å². The van der Waals surface area contributed by atoms with Gasteiger partial charge < -0.3 is 36.1 Å². The number of aromatic amines is 1. The predicted octanol–water partition coefficient (Wildman–Crippen LogP) is 1.68. The Morgan fingerprint density at radius 3 is 1.98 bits per heavy atom. The molecule has 234 valence electrons. The molecule has 0 fully saturated rings. The molecule has 4 amide bonds. The maximum absolute atomic E-state index is 13.4. The summed E-state index contributed by atoms with van der Waals surface area (Å²) in [5.74, 6) is -3.20. The minimum Gasteiger partial charge on any atom is -0.458 e. The molecule has 0 saturated carbocycles. The highest BCUT2D eigenvalue weighted by Gasteiger charge is 2.33. The van der Waals surface area contributed by atoms with Crippen molar-refractivity contribution < 1.29 is 33.4 Å². The van der Waals surface area contributed by atoms with Crippen molar-refractivity contribution in [3.05, 3.63) is 90.0 Å². The fourth-order valence-electron chi connectivity index (χ4n) is 4.10. The van der Waals surface area contributed by atoms with Crippen LogP contribution in [0.25, 0.3) is 0 Å². The lowest BCUT2D eigenvalue weighted by Gasteiger charge is -2.27. The molecule has 44 heavy (non-hydrogen) atoms. The molecule has 3 rings (SSSR count). The number of nitrogens with two attached hydrogens (primary N) is 1. The number of carbonyl (C=O) groups is 5. The number of benzene rings is 2. The Bertz CT molecular complexity index is 1390. The molecule has 2 aromatic carbocycles. The predicted molar refractivity (Wildman–Crippen MR) is 160 cm³/mol. The van der Waals surface area contributed by atoms with E-state index in [4.69, 9.17) is 15.2 Å². The van der Waals surface area contributed by atoms with Gasteiger partial charge in [-0.2, -0.15) is 0 Å². The number of H-pyrrole nitrogens is 1. The maximum Gasteiger partial charge on any atom is 0.408 e. The first-order valence-corrected chi connectivity index (χ1v) is 14.0. The maximum atomic E-state index is 13.4. The van der Waals surface area contributed by atoms with Crippen LogP contribution >= 0.6 is 0 Å². The number of nitrogens with zero attached hydrogens (tertiary/aromatic N) is 1. The zero-order valence-electron chi connectivity index (χ0n) is 24.9. The zero-order valence-corrected chi connectivity index (χ0v) is 24.9. The van der Waals surface area contributed by atoms with Crippen LogP contribution in [0.3, 0.4) is 0 Å². The Labute approximate surface area is 255 Å². The van der Waals surface area contributed by atoms with E-state index in [0.29, 0.717) is 5.69 Å². The molecular formula is C31H38N6O7. The molecule has 1 aromatic heterocycles. The van der Waals surface area contributed by atoms with Crippen molar-refractivity contribution in [2.24, 2.45) is 5.73 Å². The van der Waals surface area contributed by atoms with Crippen molar-refractivity contribution in [2.75, 3.05) is 0 Å². The Morgan fingerprint density at radius 2 is 1.41 bits per heavy atom. The van der Waals surface area contributed by atoms with E-state index in [2.05, 4.69) is 25.9 Å². The lowest BCUT2D eigenvalue weighted by molar-refractivity contribution is -0.158. The van der Waals surface area contributed by atoms with Gasteiger partial charge in [0.1, 0.15) is 30.3 Å². The third kappa shape index (κ3) is 11.6. The first kappa shape index (κ1) is 33.3. The highest BCUT2D eigenvalue weighted by atomic mass is 16.6. The number of hydrogen-bond donors (Lipinski definition) is 5. The Balaban J connectivity index is 1.76. The van der Waals surface area contributed by atoms with Crippen LogP contribution in [0, 0.1) is 0 Å². The van der Waals surface area contributed by atoms with Crippen LogP contribution in [0.5, 0.6) is 0 Å². The van der Waals surface area contributed by atoms with E-state index in [1.54, 1.807) is 69.3 Å². The zero-order chi connectivity index (χ0) is 32.1. The Hall–Kier alpha value is -5.20. The number of rotatable bonds is 14. The van der Waals surface area contributed by atoms with Crippen LogP contribution in [0.15, 0.2) is 73.2 Å². The van der Waals surface area contributed by atoms with Gasteiger partial charge in [-0.1, -0.05) is 60.7 Å². The summed E-state index contributed by atoms with van der Waals surface area (Å²) in [7, 11) is 0. The van der Waals surface area contributed by atoms with Crippen molar-refractivity contribution in [2.45, 2.75) is 70.4 Å². The first-order valence-electron chi connectivity index (χ1n) is 14.0. The van der Waals surface area contributed by atoms with Gasteiger partial charge in [0.05, 0.1) is 12.7 Å². The van der Waals surface area contributed by atoms with E-state index in [-0.39, 0.29) is 19.4 Å². The van der Waals surface area contributed by atoms with Gasteiger partial charge in [0.25, 0.3) is 0 Å². The molecule has 0 bridgehead atoms. The topological polar surface area (TPSA) is 195 Å². The highest BCUT2D eigenvalue weighted by molar-refractivity contribution is 5.95. The summed E-state index contributed by atoms with van der Waals surface area (Å²) >= 11 is 0. The molecule has 0 radical (unpaired) electrons. The Morgan fingerprint density at radius 1 is 0.818 bits per heavy atom. The second kappa shape index (κ2) is 15.9. The van der Waals surface area contributed by atoms with Crippen molar-refractivity contribution in [3.63, 3.8) is 0 Å². The van der Waals surface area contributed by atoms with Crippen molar-refractivity contribution >= 4 is 29.8 Å². The van der Waals surface area contributed by atoms with Crippen LogP contribution < -0.4 is 21.7 Å². The monoisotopic (exact) mass is 606 g/mol. The number of carbonyl (C=O) groups excluding carboxylic acids is 5. The summed E-state index contributed by atoms with van der Waals surface area (Å²) in [6.07, 6.45) is 1.49. The molecule has 0 unspecified atom stereocenters. The van der Waals surface area contributed by atoms with Gasteiger partial charge in [0.2, 0.25) is 17.7 Å². The van der Waals surface area contributed by atoms with E-state index < -0.39 is 59.9 Å². The molecule has 0 spiro atoms. The third-order valence-electron chi connectivity index (χ3n) is 6.13. The lowest BCUT2D eigenvalue weighted by atomic mass is 10.0. The van der Waals surface area contributed by atoms with Crippen molar-refractivity contribution in [1.29, 1.82) is 0 Å². The molecule has 13 heteroatoms. The second-order valence-corrected chi connectivity index (χ2v) is 11.1. The van der Waals surface area contributed by atoms with E-state index in [0.717, 1.165) is 11.1 Å². The number of imidazole rings is 1.